The zero-order chi connectivity index (χ0) is 48.6. The average Bonchev–Trinajstić information content (AvgIpc) is 3.83. The summed E-state index contributed by atoms with van der Waals surface area (Å²) in [7, 11) is 8.56. The molecule has 5 heterocycles. The van der Waals surface area contributed by atoms with Gasteiger partial charge in [-0.1, -0.05) is 121 Å². The summed E-state index contributed by atoms with van der Waals surface area (Å²) in [6.07, 6.45) is 0. The second-order valence-corrected chi connectivity index (χ2v) is 20.2. The van der Waals surface area contributed by atoms with Crippen molar-refractivity contribution < 1.29 is 4.42 Å². The first-order valence-corrected chi connectivity index (χ1v) is 25.2. The first kappa shape index (κ1) is 41.7. The van der Waals surface area contributed by atoms with Crippen molar-refractivity contribution in [2.45, 2.75) is 0 Å². The Balaban J connectivity index is 1.02. The molecule has 4 aliphatic heterocycles. The van der Waals surface area contributed by atoms with Gasteiger partial charge in [0.25, 0.3) is 13.4 Å². The summed E-state index contributed by atoms with van der Waals surface area (Å²) in [6.45, 7) is -0.107. The number of fused-ring (bicyclic) bond motifs is 11. The van der Waals surface area contributed by atoms with E-state index in [0.29, 0.717) is 0 Å². The van der Waals surface area contributed by atoms with E-state index in [1.54, 1.807) is 0 Å². The Morgan fingerprint density at radius 2 is 0.603 bits per heavy atom. The van der Waals surface area contributed by atoms with Crippen LogP contribution in [0.25, 0.3) is 21.9 Å². The second-order valence-electron chi connectivity index (χ2n) is 20.2. The van der Waals surface area contributed by atoms with Crippen LogP contribution in [0, 0.1) is 0 Å². The summed E-state index contributed by atoms with van der Waals surface area (Å²) in [5.74, 6) is 0. The van der Waals surface area contributed by atoms with Gasteiger partial charge in [0.1, 0.15) is 11.2 Å². The highest BCUT2D eigenvalue weighted by atomic mass is 16.3. The molecule has 0 spiro atoms. The van der Waals surface area contributed by atoms with Crippen molar-refractivity contribution in [1.82, 2.24) is 0 Å². The normalized spacial score (nSPS) is 13.6. The molecule has 4 aliphatic rings. The summed E-state index contributed by atoms with van der Waals surface area (Å²) < 4.78 is 7.27. The molecule has 1 aromatic heterocycles. The fourth-order valence-corrected chi connectivity index (χ4v) is 12.6. The van der Waals surface area contributed by atoms with Crippen LogP contribution in [-0.2, 0) is 0 Å². The van der Waals surface area contributed by atoms with E-state index in [1.807, 2.05) is 0 Å². The predicted octanol–water partition coefficient (Wildman–Crippen LogP) is 11.9. The predicted molar refractivity (Wildman–Crippen MR) is 310 cm³/mol. The fourth-order valence-electron chi connectivity index (χ4n) is 12.6. The van der Waals surface area contributed by atoms with Crippen molar-refractivity contribution in [3.63, 3.8) is 0 Å². The fraction of sp³-hybridized carbons (Fsp3) is 0.0625. The molecular formula is C64H48B2N6O. The lowest BCUT2D eigenvalue weighted by Crippen LogP contribution is -2.61. The van der Waals surface area contributed by atoms with Crippen molar-refractivity contribution in [3.05, 3.63) is 218 Å². The minimum absolute atomic E-state index is 0.0533. The number of hydrogen-bond acceptors (Lipinski definition) is 7. The molecule has 0 radical (unpaired) electrons. The molecule has 0 unspecified atom stereocenters. The van der Waals surface area contributed by atoms with Crippen molar-refractivity contribution in [2.75, 3.05) is 57.6 Å². The van der Waals surface area contributed by atoms with E-state index >= 15 is 0 Å². The van der Waals surface area contributed by atoms with Gasteiger partial charge in [-0.25, -0.2) is 0 Å². The average molecular weight is 939 g/mol. The molecule has 346 valence electrons. The third-order valence-corrected chi connectivity index (χ3v) is 15.7. The van der Waals surface area contributed by atoms with E-state index in [0.717, 1.165) is 78.8 Å². The molecule has 11 aromatic rings. The van der Waals surface area contributed by atoms with Gasteiger partial charge in [0, 0.05) is 131 Å². The van der Waals surface area contributed by atoms with Crippen LogP contribution < -0.4 is 62.2 Å². The van der Waals surface area contributed by atoms with E-state index < -0.39 is 0 Å². The summed E-state index contributed by atoms with van der Waals surface area (Å²) >= 11 is 0. The maximum Gasteiger partial charge on any atom is 0.252 e. The van der Waals surface area contributed by atoms with E-state index in [9.17, 15) is 0 Å². The van der Waals surface area contributed by atoms with Crippen LogP contribution in [0.15, 0.2) is 223 Å². The van der Waals surface area contributed by atoms with Crippen LogP contribution in [0.2, 0.25) is 0 Å². The Morgan fingerprint density at radius 3 is 0.932 bits per heavy atom. The quantitative estimate of drug-likeness (QED) is 0.154. The smallest absolute Gasteiger partial charge is 0.252 e. The SMILES string of the molecule is CN(C)c1cc2c3c(c1)N(c1ccccc1)c1cc4oc5cc6c(cc5c4cc1B3c1ccccc1N2c1ccccc1)B1c2ccccc2N(c2ccccc2)c2cc(N(C)C)cc(c21)N6c1ccccc1. The molecule has 0 atom stereocenters. The van der Waals surface area contributed by atoms with E-state index in [2.05, 4.69) is 276 Å². The van der Waals surface area contributed by atoms with Crippen molar-refractivity contribution in [3.8, 4) is 0 Å². The molecule has 73 heavy (non-hydrogen) atoms. The highest BCUT2D eigenvalue weighted by molar-refractivity contribution is 7.01. The van der Waals surface area contributed by atoms with Crippen LogP contribution in [0.4, 0.5) is 79.6 Å². The Bertz CT molecular complexity index is 3770. The van der Waals surface area contributed by atoms with Crippen LogP contribution in [0.3, 0.4) is 0 Å². The number of para-hydroxylation sites is 6. The topological polar surface area (TPSA) is 32.6 Å². The summed E-state index contributed by atoms with van der Waals surface area (Å²) in [5, 5.41) is 2.22. The lowest BCUT2D eigenvalue weighted by molar-refractivity contribution is 0.669. The molecule has 0 fully saturated rings. The minimum atomic E-state index is -0.0533. The zero-order valence-electron chi connectivity index (χ0n) is 41.0. The highest BCUT2D eigenvalue weighted by Crippen LogP contribution is 2.50. The van der Waals surface area contributed by atoms with Crippen molar-refractivity contribution in [2.24, 2.45) is 0 Å². The first-order chi connectivity index (χ1) is 35.9. The number of rotatable bonds is 6. The molecule has 0 N–H and O–H groups in total. The van der Waals surface area contributed by atoms with E-state index in [1.165, 1.54) is 55.5 Å². The number of nitrogens with zero attached hydrogens (tertiary/aromatic N) is 6. The molecule has 0 saturated carbocycles. The first-order valence-electron chi connectivity index (χ1n) is 25.2. The Hall–Kier alpha value is -9.07. The van der Waals surface area contributed by atoms with E-state index in [-0.39, 0.29) is 13.4 Å². The number of anilines is 14. The Kier molecular flexibility index (Phi) is 8.97. The lowest BCUT2D eigenvalue weighted by atomic mass is 9.33. The molecule has 15 rings (SSSR count). The zero-order valence-corrected chi connectivity index (χ0v) is 41.0. The number of hydrogen-bond donors (Lipinski definition) is 0. The second kappa shape index (κ2) is 15.7. The van der Waals surface area contributed by atoms with Crippen LogP contribution >= 0.6 is 0 Å². The largest absolute Gasteiger partial charge is 0.456 e. The van der Waals surface area contributed by atoms with Gasteiger partial charge >= 0.3 is 0 Å². The molecule has 0 bridgehead atoms. The van der Waals surface area contributed by atoms with Gasteiger partial charge in [0.15, 0.2) is 0 Å². The van der Waals surface area contributed by atoms with Gasteiger partial charge in [-0.3, -0.25) is 0 Å². The van der Waals surface area contributed by atoms with Crippen LogP contribution in [0.1, 0.15) is 0 Å². The van der Waals surface area contributed by atoms with Gasteiger partial charge in [-0.05, 0) is 118 Å². The third kappa shape index (κ3) is 6.02. The lowest BCUT2D eigenvalue weighted by Gasteiger charge is -2.44. The molecule has 7 nitrogen and oxygen atoms in total. The van der Waals surface area contributed by atoms with Gasteiger partial charge < -0.3 is 33.8 Å². The summed E-state index contributed by atoms with van der Waals surface area (Å²) in [4.78, 5) is 14.3. The molecule has 0 aliphatic carbocycles. The molecular weight excluding hydrogens is 890 g/mol. The third-order valence-electron chi connectivity index (χ3n) is 15.7. The summed E-state index contributed by atoms with van der Waals surface area (Å²) in [6, 6.07) is 80.5. The van der Waals surface area contributed by atoms with Gasteiger partial charge in [0.2, 0.25) is 0 Å². The maximum atomic E-state index is 7.27. The molecule has 9 heteroatoms. The minimum Gasteiger partial charge on any atom is -0.456 e. The van der Waals surface area contributed by atoms with Crippen LogP contribution in [0.5, 0.6) is 0 Å². The van der Waals surface area contributed by atoms with E-state index in [4.69, 9.17) is 4.42 Å². The number of furan rings is 1. The maximum absolute atomic E-state index is 7.27. The van der Waals surface area contributed by atoms with Crippen molar-refractivity contribution in [1.29, 1.82) is 0 Å². The Morgan fingerprint density at radius 1 is 0.301 bits per heavy atom. The standard InChI is InChI=1S/C64H48B2N6O/c1-67(2)45-33-57-63-59(35-45)71(43-25-13-7-14-26-43)55-39-61-47(37-51(55)65(63)49-29-17-19-31-53(49)69(57)41-21-9-5-10-22-41)48-38-52-56(40-62(48)73-61)72(44-27-15-8-16-28-44)60-36-46(68(3)4)34-58-64(60)66(52)50-30-18-20-32-54(50)70(58)42-23-11-6-12-24-42/h5-40H,1-4H3. The monoisotopic (exact) mass is 938 g/mol. The van der Waals surface area contributed by atoms with Crippen molar-refractivity contribution >= 4 is 148 Å². The highest BCUT2D eigenvalue weighted by Gasteiger charge is 2.46. The van der Waals surface area contributed by atoms with Crippen LogP contribution in [-0.4, -0.2) is 41.6 Å². The number of benzene rings is 10. The summed E-state index contributed by atoms with van der Waals surface area (Å²) in [5.41, 5.74) is 25.4. The van der Waals surface area contributed by atoms with Gasteiger partial charge in [0.05, 0.1) is 0 Å². The molecule has 0 amide bonds. The Labute approximate surface area is 426 Å². The molecule has 0 saturated heterocycles. The molecule has 10 aromatic carbocycles. The van der Waals surface area contributed by atoms with Gasteiger partial charge in [-0.2, -0.15) is 0 Å². The van der Waals surface area contributed by atoms with Gasteiger partial charge in [-0.15, -0.1) is 0 Å².